The van der Waals surface area contributed by atoms with Crippen molar-refractivity contribution in [2.75, 3.05) is 16.8 Å². The van der Waals surface area contributed by atoms with Gasteiger partial charge in [0.2, 0.25) is 0 Å². The third kappa shape index (κ3) is 3.79. The van der Waals surface area contributed by atoms with Gasteiger partial charge in [0.25, 0.3) is 0 Å². The summed E-state index contributed by atoms with van der Waals surface area (Å²) >= 11 is 5.91. The molecule has 0 fully saturated rings. The number of benzene rings is 2. The van der Waals surface area contributed by atoms with Gasteiger partial charge in [-0.3, -0.25) is 0 Å². The lowest BCUT2D eigenvalue weighted by molar-refractivity contribution is 0.977. The number of hydrogen-bond acceptors (Lipinski definition) is 4. The van der Waals surface area contributed by atoms with Gasteiger partial charge < -0.3 is 10.2 Å². The molecular weight excluding hydrogens is 308 g/mol. The quantitative estimate of drug-likeness (QED) is 0.714. The van der Waals surface area contributed by atoms with Crippen LogP contribution in [0.4, 0.5) is 23.0 Å². The monoisotopic (exact) mass is 324 g/mol. The highest BCUT2D eigenvalue weighted by atomic mass is 35.5. The summed E-state index contributed by atoms with van der Waals surface area (Å²) in [4.78, 5) is 10.8. The van der Waals surface area contributed by atoms with Crippen LogP contribution in [0.1, 0.15) is 6.92 Å². The Balaban J connectivity index is 1.85. The van der Waals surface area contributed by atoms with Crippen molar-refractivity contribution >= 4 is 34.6 Å². The largest absolute Gasteiger partial charge is 0.340 e. The third-order valence-electron chi connectivity index (χ3n) is 3.43. The van der Waals surface area contributed by atoms with Crippen LogP contribution in [0.5, 0.6) is 0 Å². The molecule has 3 aromatic rings. The van der Waals surface area contributed by atoms with Crippen molar-refractivity contribution in [2.45, 2.75) is 6.92 Å². The van der Waals surface area contributed by atoms with Gasteiger partial charge >= 0.3 is 0 Å². The fourth-order valence-corrected chi connectivity index (χ4v) is 2.45. The standard InChI is InChI=1S/C18H17ClN4/c1-2-23(16-6-4-3-5-7-16)18-12-17(20-13-21-18)22-15-10-8-14(19)9-11-15/h3-13H,2H2,1H3,(H,20,21,22). The molecule has 23 heavy (non-hydrogen) atoms. The molecule has 0 saturated carbocycles. The predicted octanol–water partition coefficient (Wildman–Crippen LogP) is 5.03. The SMILES string of the molecule is CCN(c1ccccc1)c1cc(Nc2ccc(Cl)cc2)ncn1. The summed E-state index contributed by atoms with van der Waals surface area (Å²) in [5.74, 6) is 1.59. The van der Waals surface area contributed by atoms with E-state index in [2.05, 4.69) is 39.2 Å². The molecule has 1 heterocycles. The highest BCUT2D eigenvalue weighted by molar-refractivity contribution is 6.30. The molecule has 0 aliphatic rings. The van der Waals surface area contributed by atoms with Crippen LogP contribution >= 0.6 is 11.6 Å². The first kappa shape index (κ1) is 15.3. The van der Waals surface area contributed by atoms with E-state index in [0.29, 0.717) is 5.02 Å². The average molecular weight is 325 g/mol. The maximum absolute atomic E-state index is 5.91. The number of nitrogens with one attached hydrogen (secondary N) is 1. The summed E-state index contributed by atoms with van der Waals surface area (Å²) in [6.45, 7) is 2.92. The van der Waals surface area contributed by atoms with Crippen LogP contribution in [0.3, 0.4) is 0 Å². The van der Waals surface area contributed by atoms with Gasteiger partial charge in [-0.1, -0.05) is 29.8 Å². The van der Waals surface area contributed by atoms with Crippen LogP contribution in [-0.4, -0.2) is 16.5 Å². The van der Waals surface area contributed by atoms with Gasteiger partial charge in [-0.15, -0.1) is 0 Å². The van der Waals surface area contributed by atoms with Crippen molar-refractivity contribution < 1.29 is 0 Å². The van der Waals surface area contributed by atoms with Gasteiger partial charge in [0.1, 0.15) is 18.0 Å². The van der Waals surface area contributed by atoms with Crippen LogP contribution in [-0.2, 0) is 0 Å². The van der Waals surface area contributed by atoms with E-state index < -0.39 is 0 Å². The van der Waals surface area contributed by atoms with Crippen molar-refractivity contribution in [3.05, 3.63) is 72.0 Å². The van der Waals surface area contributed by atoms with E-state index in [1.54, 1.807) is 6.33 Å². The Morgan fingerprint density at radius 3 is 2.43 bits per heavy atom. The summed E-state index contributed by atoms with van der Waals surface area (Å²) in [6, 6.07) is 19.6. The summed E-state index contributed by atoms with van der Waals surface area (Å²) < 4.78 is 0. The highest BCUT2D eigenvalue weighted by Crippen LogP contribution is 2.25. The minimum absolute atomic E-state index is 0.708. The van der Waals surface area contributed by atoms with E-state index in [9.17, 15) is 0 Å². The first-order valence-electron chi connectivity index (χ1n) is 7.43. The van der Waals surface area contributed by atoms with E-state index in [0.717, 1.165) is 29.6 Å². The van der Waals surface area contributed by atoms with Crippen molar-refractivity contribution in [1.29, 1.82) is 0 Å². The molecule has 2 aromatic carbocycles. The number of aromatic nitrogens is 2. The fraction of sp³-hybridized carbons (Fsp3) is 0.111. The van der Waals surface area contributed by atoms with Crippen LogP contribution in [0, 0.1) is 0 Å². The molecule has 0 atom stereocenters. The summed E-state index contributed by atoms with van der Waals surface area (Å²) in [6.07, 6.45) is 1.57. The van der Waals surface area contributed by atoms with E-state index in [-0.39, 0.29) is 0 Å². The molecule has 0 saturated heterocycles. The Morgan fingerprint density at radius 1 is 1.00 bits per heavy atom. The van der Waals surface area contributed by atoms with Crippen molar-refractivity contribution in [3.63, 3.8) is 0 Å². The molecule has 3 rings (SSSR count). The topological polar surface area (TPSA) is 41.0 Å². The smallest absolute Gasteiger partial charge is 0.138 e. The van der Waals surface area contributed by atoms with Crippen LogP contribution in [0.2, 0.25) is 5.02 Å². The molecule has 1 N–H and O–H groups in total. The van der Waals surface area contributed by atoms with Crippen LogP contribution in [0.25, 0.3) is 0 Å². The summed E-state index contributed by atoms with van der Waals surface area (Å²) in [5.41, 5.74) is 2.04. The molecule has 116 valence electrons. The molecule has 0 radical (unpaired) electrons. The van der Waals surface area contributed by atoms with E-state index in [4.69, 9.17) is 11.6 Å². The second-order valence-corrected chi connectivity index (χ2v) is 5.41. The zero-order valence-corrected chi connectivity index (χ0v) is 13.5. The van der Waals surface area contributed by atoms with Gasteiger partial charge in [0.05, 0.1) is 0 Å². The third-order valence-corrected chi connectivity index (χ3v) is 3.68. The Bertz CT molecular complexity index is 759. The predicted molar refractivity (Wildman–Crippen MR) is 95.9 cm³/mol. The van der Waals surface area contributed by atoms with E-state index in [1.165, 1.54) is 0 Å². The number of para-hydroxylation sites is 1. The Morgan fingerprint density at radius 2 is 1.74 bits per heavy atom. The van der Waals surface area contributed by atoms with Gasteiger partial charge in [0, 0.05) is 29.0 Å². The fourth-order valence-electron chi connectivity index (χ4n) is 2.33. The Hall–Kier alpha value is -2.59. The molecule has 0 aliphatic heterocycles. The van der Waals surface area contributed by atoms with Gasteiger partial charge in [-0.2, -0.15) is 0 Å². The lowest BCUT2D eigenvalue weighted by Gasteiger charge is -2.22. The van der Waals surface area contributed by atoms with Crippen molar-refractivity contribution in [1.82, 2.24) is 9.97 Å². The molecular formula is C18H17ClN4. The number of halogens is 1. The molecule has 4 nitrogen and oxygen atoms in total. The first-order valence-corrected chi connectivity index (χ1v) is 7.81. The van der Waals surface area contributed by atoms with E-state index in [1.807, 2.05) is 48.5 Å². The number of hydrogen-bond donors (Lipinski definition) is 1. The average Bonchev–Trinajstić information content (AvgIpc) is 2.59. The maximum atomic E-state index is 5.91. The maximum Gasteiger partial charge on any atom is 0.138 e. The number of nitrogens with zero attached hydrogens (tertiary/aromatic N) is 3. The Labute approximate surface area is 140 Å². The van der Waals surface area contributed by atoms with Gasteiger partial charge in [0.15, 0.2) is 0 Å². The summed E-state index contributed by atoms with van der Waals surface area (Å²) in [7, 11) is 0. The van der Waals surface area contributed by atoms with Crippen LogP contribution in [0.15, 0.2) is 67.0 Å². The second-order valence-electron chi connectivity index (χ2n) is 4.97. The molecule has 1 aromatic heterocycles. The zero-order chi connectivity index (χ0) is 16.1. The van der Waals surface area contributed by atoms with Crippen LogP contribution < -0.4 is 10.2 Å². The van der Waals surface area contributed by atoms with Crippen molar-refractivity contribution in [2.24, 2.45) is 0 Å². The molecule has 0 aliphatic carbocycles. The molecule has 0 amide bonds. The molecule has 0 bridgehead atoms. The number of rotatable bonds is 5. The second kappa shape index (κ2) is 7.11. The highest BCUT2D eigenvalue weighted by Gasteiger charge is 2.09. The normalized spacial score (nSPS) is 10.3. The minimum Gasteiger partial charge on any atom is -0.340 e. The van der Waals surface area contributed by atoms with Gasteiger partial charge in [-0.05, 0) is 43.3 Å². The molecule has 0 unspecified atom stereocenters. The summed E-state index contributed by atoms with van der Waals surface area (Å²) in [5, 5.41) is 3.97. The molecule has 5 heteroatoms. The van der Waals surface area contributed by atoms with E-state index >= 15 is 0 Å². The molecule has 0 spiro atoms. The first-order chi connectivity index (χ1) is 11.3. The van der Waals surface area contributed by atoms with Crippen molar-refractivity contribution in [3.8, 4) is 0 Å². The lowest BCUT2D eigenvalue weighted by atomic mass is 10.3. The Kier molecular flexibility index (Phi) is 4.74. The minimum atomic E-state index is 0.708. The zero-order valence-electron chi connectivity index (χ0n) is 12.8. The lowest BCUT2D eigenvalue weighted by Crippen LogP contribution is -2.17. The number of anilines is 4. The van der Waals surface area contributed by atoms with Gasteiger partial charge in [-0.25, -0.2) is 9.97 Å².